The first-order valence-corrected chi connectivity index (χ1v) is 8.17. The first-order valence-electron chi connectivity index (χ1n) is 8.17. The van der Waals surface area contributed by atoms with Crippen LogP contribution in [0.15, 0.2) is 34.6 Å². The number of hydrogen-bond donors (Lipinski definition) is 4. The molecule has 0 amide bonds. The standard InChI is InChI=1S/C16H25FN8/c1-4-8-20-25(3)21-11-15(24-18-2)13-6-5-7-16(22-13)23-14-10-19-9-12(14)17/h5-8,11-12,14,19,21,24H,2,4,9-10H2,1,3H3,(H,22,23)/b15-11-,20-8-/t12-,14-/m0/s1. The summed E-state index contributed by atoms with van der Waals surface area (Å²) in [5, 5.41) is 15.6. The van der Waals surface area contributed by atoms with E-state index in [4.69, 9.17) is 0 Å². The second-order valence-electron chi connectivity index (χ2n) is 5.52. The van der Waals surface area contributed by atoms with E-state index in [1.807, 2.05) is 19.1 Å². The van der Waals surface area contributed by atoms with Gasteiger partial charge in [0, 0.05) is 39.3 Å². The van der Waals surface area contributed by atoms with Crippen molar-refractivity contribution in [1.29, 1.82) is 0 Å². The third kappa shape index (κ3) is 5.71. The SMILES string of the molecule is C=NN/C(=C\NN(C)/N=C\CC)c1cccc(N[C@H]2CNC[C@@H]2F)n1. The monoisotopic (exact) mass is 348 g/mol. The number of nitrogens with zero attached hydrogens (tertiary/aromatic N) is 4. The van der Waals surface area contributed by atoms with Crippen molar-refractivity contribution in [3.8, 4) is 0 Å². The lowest BCUT2D eigenvalue weighted by molar-refractivity contribution is 0.293. The summed E-state index contributed by atoms with van der Waals surface area (Å²) in [5.74, 6) is 0.600. The summed E-state index contributed by atoms with van der Waals surface area (Å²) >= 11 is 0. The Bertz CT molecular complexity index is 618. The van der Waals surface area contributed by atoms with Crippen molar-refractivity contribution in [2.24, 2.45) is 10.2 Å². The van der Waals surface area contributed by atoms with Crippen LogP contribution in [0.3, 0.4) is 0 Å². The molecule has 0 aliphatic carbocycles. The summed E-state index contributed by atoms with van der Waals surface area (Å²) in [6.45, 7) is 6.38. The minimum atomic E-state index is -0.930. The van der Waals surface area contributed by atoms with Gasteiger partial charge in [-0.05, 0) is 18.6 Å². The second kappa shape index (κ2) is 9.58. The van der Waals surface area contributed by atoms with E-state index in [1.54, 1.807) is 30.6 Å². The molecule has 1 aromatic heterocycles. The molecule has 4 N–H and O–H groups in total. The highest BCUT2D eigenvalue weighted by Crippen LogP contribution is 2.15. The van der Waals surface area contributed by atoms with Crippen LogP contribution in [0.4, 0.5) is 10.2 Å². The van der Waals surface area contributed by atoms with Gasteiger partial charge in [0.15, 0.2) is 0 Å². The smallest absolute Gasteiger partial charge is 0.134 e. The summed E-state index contributed by atoms with van der Waals surface area (Å²) in [7, 11) is 1.78. The molecule has 136 valence electrons. The maximum atomic E-state index is 13.7. The number of aromatic nitrogens is 1. The van der Waals surface area contributed by atoms with Crippen LogP contribution < -0.4 is 21.5 Å². The van der Waals surface area contributed by atoms with Gasteiger partial charge in [-0.3, -0.25) is 10.9 Å². The molecule has 9 heteroatoms. The van der Waals surface area contributed by atoms with Gasteiger partial charge in [-0.15, -0.1) is 0 Å². The molecule has 1 aromatic rings. The molecule has 1 aliphatic heterocycles. The number of rotatable bonds is 9. The fourth-order valence-corrected chi connectivity index (χ4v) is 2.29. The number of anilines is 1. The Kier molecular flexibility index (Phi) is 7.15. The lowest BCUT2D eigenvalue weighted by Crippen LogP contribution is -2.30. The Morgan fingerprint density at radius 3 is 3.04 bits per heavy atom. The van der Waals surface area contributed by atoms with E-state index in [9.17, 15) is 4.39 Å². The molecule has 1 saturated heterocycles. The van der Waals surface area contributed by atoms with Crippen molar-refractivity contribution < 1.29 is 4.39 Å². The van der Waals surface area contributed by atoms with E-state index >= 15 is 0 Å². The number of halogens is 1. The van der Waals surface area contributed by atoms with Gasteiger partial charge in [-0.25, -0.2) is 14.5 Å². The van der Waals surface area contributed by atoms with Crippen molar-refractivity contribution >= 4 is 24.4 Å². The van der Waals surface area contributed by atoms with Gasteiger partial charge in [-0.1, -0.05) is 13.0 Å². The molecule has 0 radical (unpaired) electrons. The molecule has 0 aromatic carbocycles. The topological polar surface area (TPSA) is 89.0 Å². The third-order valence-electron chi connectivity index (χ3n) is 3.53. The molecular formula is C16H25FN8. The third-order valence-corrected chi connectivity index (χ3v) is 3.53. The van der Waals surface area contributed by atoms with Crippen LogP contribution in [0, 0.1) is 0 Å². The summed E-state index contributed by atoms with van der Waals surface area (Å²) in [6.07, 6.45) is 3.38. The van der Waals surface area contributed by atoms with Gasteiger partial charge in [0.05, 0.1) is 17.4 Å². The summed E-state index contributed by atoms with van der Waals surface area (Å²) in [6, 6.07) is 5.19. The van der Waals surface area contributed by atoms with E-state index < -0.39 is 6.17 Å². The molecule has 0 unspecified atom stereocenters. The van der Waals surface area contributed by atoms with Crippen molar-refractivity contribution in [2.75, 3.05) is 25.5 Å². The van der Waals surface area contributed by atoms with Crippen LogP contribution in [0.2, 0.25) is 0 Å². The zero-order chi connectivity index (χ0) is 18.1. The van der Waals surface area contributed by atoms with Crippen LogP contribution in [-0.4, -0.2) is 55.4 Å². The molecule has 25 heavy (non-hydrogen) atoms. The van der Waals surface area contributed by atoms with Gasteiger partial charge < -0.3 is 10.6 Å². The fourth-order valence-electron chi connectivity index (χ4n) is 2.29. The Balaban J connectivity index is 2.10. The summed E-state index contributed by atoms with van der Waals surface area (Å²) < 4.78 is 13.7. The lowest BCUT2D eigenvalue weighted by atomic mass is 10.2. The van der Waals surface area contributed by atoms with Crippen molar-refractivity contribution in [2.45, 2.75) is 25.6 Å². The normalized spacial score (nSPS) is 20.5. The number of hydrazine groups is 1. The van der Waals surface area contributed by atoms with Gasteiger partial charge >= 0.3 is 0 Å². The first-order chi connectivity index (χ1) is 12.1. The number of hydrogen-bond acceptors (Lipinski definition) is 8. The Morgan fingerprint density at radius 1 is 1.52 bits per heavy atom. The molecule has 8 nitrogen and oxygen atoms in total. The second-order valence-corrected chi connectivity index (χ2v) is 5.52. The van der Waals surface area contributed by atoms with Crippen LogP contribution in [-0.2, 0) is 0 Å². The first kappa shape index (κ1) is 18.7. The minimum Gasteiger partial charge on any atom is -0.363 e. The molecular weight excluding hydrogens is 323 g/mol. The average molecular weight is 348 g/mol. The lowest BCUT2D eigenvalue weighted by Gasteiger charge is -2.16. The fraction of sp³-hybridized carbons (Fsp3) is 0.438. The Labute approximate surface area is 147 Å². The van der Waals surface area contributed by atoms with Gasteiger partial charge in [0.2, 0.25) is 0 Å². The van der Waals surface area contributed by atoms with Gasteiger partial charge in [0.1, 0.15) is 12.0 Å². The highest BCUT2D eigenvalue weighted by molar-refractivity contribution is 5.62. The summed E-state index contributed by atoms with van der Waals surface area (Å²) in [4.78, 5) is 4.51. The highest BCUT2D eigenvalue weighted by Gasteiger charge is 2.26. The molecule has 0 spiro atoms. The van der Waals surface area contributed by atoms with E-state index in [1.165, 1.54) is 0 Å². The van der Waals surface area contributed by atoms with Gasteiger partial charge in [-0.2, -0.15) is 10.2 Å². The maximum absolute atomic E-state index is 13.7. The zero-order valence-electron chi connectivity index (χ0n) is 14.5. The molecule has 1 fully saturated rings. The van der Waals surface area contributed by atoms with E-state index in [0.29, 0.717) is 30.3 Å². The molecule has 1 aliphatic rings. The average Bonchev–Trinajstić information content (AvgIpc) is 3.01. The Morgan fingerprint density at radius 2 is 2.36 bits per heavy atom. The van der Waals surface area contributed by atoms with Crippen LogP contribution >= 0.6 is 0 Å². The van der Waals surface area contributed by atoms with E-state index in [0.717, 1.165) is 6.42 Å². The van der Waals surface area contributed by atoms with Crippen LogP contribution in [0.1, 0.15) is 19.0 Å². The van der Waals surface area contributed by atoms with Crippen molar-refractivity contribution in [1.82, 2.24) is 26.3 Å². The van der Waals surface area contributed by atoms with E-state index in [-0.39, 0.29) is 6.04 Å². The number of pyridine rings is 1. The molecule has 0 bridgehead atoms. The molecule has 2 heterocycles. The predicted molar refractivity (Wildman–Crippen MR) is 99.8 cm³/mol. The van der Waals surface area contributed by atoms with Crippen molar-refractivity contribution in [3.63, 3.8) is 0 Å². The van der Waals surface area contributed by atoms with Crippen LogP contribution in [0.25, 0.3) is 5.70 Å². The van der Waals surface area contributed by atoms with Crippen LogP contribution in [0.5, 0.6) is 0 Å². The predicted octanol–water partition coefficient (Wildman–Crippen LogP) is 1.14. The molecule has 0 saturated carbocycles. The molecule has 2 rings (SSSR count). The largest absolute Gasteiger partial charge is 0.363 e. The quantitative estimate of drug-likeness (QED) is 0.395. The Hall–Kier alpha value is -2.68. The maximum Gasteiger partial charge on any atom is 0.134 e. The van der Waals surface area contributed by atoms with E-state index in [2.05, 4.69) is 43.4 Å². The zero-order valence-corrected chi connectivity index (χ0v) is 14.5. The minimum absolute atomic E-state index is 0.284. The highest BCUT2D eigenvalue weighted by atomic mass is 19.1. The number of alkyl halides is 1. The summed E-state index contributed by atoms with van der Waals surface area (Å²) in [5.41, 5.74) is 7.04. The number of hydrazone groups is 2. The van der Waals surface area contributed by atoms with Crippen molar-refractivity contribution in [3.05, 3.63) is 30.1 Å². The molecule has 2 atom stereocenters. The number of nitrogens with one attached hydrogen (secondary N) is 4. The van der Waals surface area contributed by atoms with Gasteiger partial charge in [0.25, 0.3) is 0 Å².